The van der Waals surface area contributed by atoms with E-state index in [0.29, 0.717) is 11.0 Å². The third kappa shape index (κ3) is 1.65. The van der Waals surface area contributed by atoms with Crippen molar-refractivity contribution in [3.05, 3.63) is 23.4 Å². The van der Waals surface area contributed by atoms with Gasteiger partial charge in [-0.25, -0.2) is 9.99 Å². The minimum absolute atomic E-state index is 0.274. The monoisotopic (exact) mass is 210 g/mol. The molecule has 74 valence electrons. The second-order valence-corrected chi connectivity index (χ2v) is 3.71. The maximum atomic E-state index is 5.78. The zero-order valence-corrected chi connectivity index (χ0v) is 8.57. The first-order valence-electron chi connectivity index (χ1n) is 4.41. The Kier molecular flexibility index (Phi) is 2.29. The Morgan fingerprint density at radius 3 is 2.93 bits per heavy atom. The lowest BCUT2D eigenvalue weighted by molar-refractivity contribution is 0.764. The maximum Gasteiger partial charge on any atom is 0.150 e. The molecule has 1 aliphatic heterocycles. The van der Waals surface area contributed by atoms with E-state index >= 15 is 0 Å². The molecule has 0 saturated heterocycles. The molecule has 1 aliphatic rings. The molecule has 0 bridgehead atoms. The zero-order valence-electron chi connectivity index (χ0n) is 7.81. The average molecular weight is 211 g/mol. The maximum absolute atomic E-state index is 5.78. The van der Waals surface area contributed by atoms with E-state index in [0.717, 1.165) is 12.4 Å². The number of aromatic nitrogens is 1. The molecule has 2 rings (SSSR count). The van der Waals surface area contributed by atoms with Gasteiger partial charge in [-0.2, -0.15) is 5.10 Å². The van der Waals surface area contributed by atoms with E-state index in [2.05, 4.69) is 10.1 Å². The van der Waals surface area contributed by atoms with Gasteiger partial charge < -0.3 is 5.73 Å². The molecule has 0 saturated carbocycles. The van der Waals surface area contributed by atoms with Crippen LogP contribution in [0.2, 0.25) is 5.15 Å². The summed E-state index contributed by atoms with van der Waals surface area (Å²) in [4.78, 5) is 4.15. The number of hydrogen-bond donors (Lipinski definition) is 1. The molecule has 1 aromatic heterocycles. The lowest BCUT2D eigenvalue weighted by atomic mass is 10.2. The molecule has 1 aromatic rings. The van der Waals surface area contributed by atoms with Crippen molar-refractivity contribution in [2.24, 2.45) is 16.8 Å². The zero-order chi connectivity index (χ0) is 10.1. The van der Waals surface area contributed by atoms with Gasteiger partial charge in [-0.15, -0.1) is 0 Å². The smallest absolute Gasteiger partial charge is 0.150 e. The first-order valence-corrected chi connectivity index (χ1v) is 4.78. The number of hydrazone groups is 1. The van der Waals surface area contributed by atoms with E-state index in [1.165, 1.54) is 0 Å². The number of halogens is 1. The van der Waals surface area contributed by atoms with Crippen molar-refractivity contribution in [3.63, 3.8) is 0 Å². The Morgan fingerprint density at radius 2 is 2.36 bits per heavy atom. The minimum Gasteiger partial charge on any atom is -0.385 e. The van der Waals surface area contributed by atoms with E-state index in [4.69, 9.17) is 17.3 Å². The van der Waals surface area contributed by atoms with E-state index in [-0.39, 0.29) is 5.92 Å². The molecule has 2 heterocycles. The van der Waals surface area contributed by atoms with E-state index in [1.807, 2.05) is 19.1 Å². The van der Waals surface area contributed by atoms with Crippen LogP contribution >= 0.6 is 11.6 Å². The van der Waals surface area contributed by atoms with Gasteiger partial charge in [-0.1, -0.05) is 24.6 Å². The Balaban J connectivity index is 2.26. The summed E-state index contributed by atoms with van der Waals surface area (Å²) < 4.78 is 0. The second kappa shape index (κ2) is 3.46. The number of anilines is 1. The molecule has 5 heteroatoms. The summed E-state index contributed by atoms with van der Waals surface area (Å²) in [7, 11) is 0. The van der Waals surface area contributed by atoms with Crippen LogP contribution in [0, 0.1) is 5.92 Å². The van der Waals surface area contributed by atoms with Crippen LogP contribution in [-0.2, 0) is 0 Å². The fourth-order valence-electron chi connectivity index (χ4n) is 1.32. The third-order valence-electron chi connectivity index (χ3n) is 2.15. The summed E-state index contributed by atoms with van der Waals surface area (Å²) in [6, 6.07) is 5.44. The van der Waals surface area contributed by atoms with Gasteiger partial charge in [0.2, 0.25) is 0 Å². The molecule has 1 atom stereocenters. The fourth-order valence-corrected chi connectivity index (χ4v) is 1.48. The molecule has 0 radical (unpaired) electrons. The Bertz CT molecular complexity index is 377. The first-order chi connectivity index (χ1) is 6.66. The highest BCUT2D eigenvalue weighted by Gasteiger charge is 2.21. The van der Waals surface area contributed by atoms with Crippen LogP contribution in [-0.4, -0.2) is 17.4 Å². The van der Waals surface area contributed by atoms with Crippen molar-refractivity contribution >= 4 is 23.3 Å². The van der Waals surface area contributed by atoms with Gasteiger partial charge in [0.25, 0.3) is 0 Å². The average Bonchev–Trinajstić information content (AvgIpc) is 2.47. The highest BCUT2D eigenvalue weighted by molar-refractivity contribution is 6.29. The first kappa shape index (κ1) is 9.27. The van der Waals surface area contributed by atoms with Crippen molar-refractivity contribution in [2.45, 2.75) is 6.92 Å². The highest BCUT2D eigenvalue weighted by atomic mass is 35.5. The summed E-state index contributed by atoms with van der Waals surface area (Å²) >= 11 is 5.78. The van der Waals surface area contributed by atoms with Gasteiger partial charge in [0, 0.05) is 5.92 Å². The van der Waals surface area contributed by atoms with E-state index in [9.17, 15) is 0 Å². The van der Waals surface area contributed by atoms with Gasteiger partial charge in [-0.3, -0.25) is 0 Å². The highest BCUT2D eigenvalue weighted by Crippen LogP contribution is 2.20. The van der Waals surface area contributed by atoms with Gasteiger partial charge in [0.15, 0.2) is 5.82 Å². The molecule has 0 spiro atoms. The molecule has 1 unspecified atom stereocenters. The molecule has 2 N–H and O–H groups in total. The Morgan fingerprint density at radius 1 is 1.57 bits per heavy atom. The lowest BCUT2D eigenvalue weighted by Crippen LogP contribution is -2.20. The molecule has 0 fully saturated rings. The summed E-state index contributed by atoms with van der Waals surface area (Å²) in [5.74, 6) is 1.66. The number of hydrogen-bond acceptors (Lipinski definition) is 4. The van der Waals surface area contributed by atoms with Crippen LogP contribution in [0.3, 0.4) is 0 Å². The summed E-state index contributed by atoms with van der Waals surface area (Å²) in [6.45, 7) is 2.79. The van der Waals surface area contributed by atoms with Crippen molar-refractivity contribution in [3.8, 4) is 0 Å². The van der Waals surface area contributed by atoms with Gasteiger partial charge in [0.05, 0.1) is 6.54 Å². The van der Waals surface area contributed by atoms with Crippen LogP contribution in [0.5, 0.6) is 0 Å². The lowest BCUT2D eigenvalue weighted by Gasteiger charge is -2.12. The van der Waals surface area contributed by atoms with Gasteiger partial charge >= 0.3 is 0 Å². The van der Waals surface area contributed by atoms with Crippen molar-refractivity contribution in [1.29, 1.82) is 0 Å². The van der Waals surface area contributed by atoms with Crippen LogP contribution < -0.4 is 10.7 Å². The van der Waals surface area contributed by atoms with Crippen molar-refractivity contribution < 1.29 is 0 Å². The molecule has 0 amide bonds. The van der Waals surface area contributed by atoms with Crippen LogP contribution in [0.4, 0.5) is 5.82 Å². The Labute approximate surface area is 87.4 Å². The SMILES string of the molecule is CC1CN(c2cccc(Cl)n2)N=C1N. The van der Waals surface area contributed by atoms with E-state index in [1.54, 1.807) is 11.1 Å². The summed E-state index contributed by atoms with van der Waals surface area (Å²) in [5, 5.41) is 6.43. The van der Waals surface area contributed by atoms with Crippen molar-refractivity contribution in [2.75, 3.05) is 11.6 Å². The molecular weight excluding hydrogens is 200 g/mol. The molecular formula is C9H11ClN4. The number of rotatable bonds is 1. The predicted molar refractivity (Wildman–Crippen MR) is 57.4 cm³/mol. The molecule has 0 aromatic carbocycles. The number of amidine groups is 1. The van der Waals surface area contributed by atoms with Crippen LogP contribution in [0.25, 0.3) is 0 Å². The summed E-state index contributed by atoms with van der Waals surface area (Å²) in [6.07, 6.45) is 0. The summed E-state index contributed by atoms with van der Waals surface area (Å²) in [5.41, 5.74) is 5.69. The topological polar surface area (TPSA) is 54.5 Å². The van der Waals surface area contributed by atoms with Gasteiger partial charge in [0.1, 0.15) is 11.0 Å². The van der Waals surface area contributed by atoms with Crippen LogP contribution in [0.1, 0.15) is 6.92 Å². The molecule has 14 heavy (non-hydrogen) atoms. The third-order valence-corrected chi connectivity index (χ3v) is 2.36. The standard InChI is InChI=1S/C9H11ClN4/c1-6-5-14(13-9(6)11)8-4-2-3-7(10)12-8/h2-4,6H,5H2,1H3,(H2,11,13). The largest absolute Gasteiger partial charge is 0.385 e. The quantitative estimate of drug-likeness (QED) is 0.715. The number of nitrogens with two attached hydrogens (primary N) is 1. The second-order valence-electron chi connectivity index (χ2n) is 3.33. The number of pyridine rings is 1. The van der Waals surface area contributed by atoms with E-state index < -0.39 is 0 Å². The van der Waals surface area contributed by atoms with Gasteiger partial charge in [-0.05, 0) is 12.1 Å². The van der Waals surface area contributed by atoms with Crippen LogP contribution in [0.15, 0.2) is 23.3 Å². The predicted octanol–water partition coefficient (Wildman–Crippen LogP) is 1.46. The van der Waals surface area contributed by atoms with Crippen molar-refractivity contribution in [1.82, 2.24) is 4.98 Å². The Hall–Kier alpha value is -1.29. The normalized spacial score (nSPS) is 21.1. The minimum atomic E-state index is 0.274. The fraction of sp³-hybridized carbons (Fsp3) is 0.333. The molecule has 4 nitrogen and oxygen atoms in total. The molecule has 0 aliphatic carbocycles. The number of nitrogens with zero attached hydrogens (tertiary/aromatic N) is 3.